The van der Waals surface area contributed by atoms with Gasteiger partial charge in [0, 0.05) is 5.02 Å². The van der Waals surface area contributed by atoms with Crippen LogP contribution in [0.1, 0.15) is 40.0 Å². The molecule has 1 saturated carbocycles. The Bertz CT molecular complexity index is 557. The highest BCUT2D eigenvalue weighted by atomic mass is 35.5. The summed E-state index contributed by atoms with van der Waals surface area (Å²) in [7, 11) is 0. The summed E-state index contributed by atoms with van der Waals surface area (Å²) in [6.07, 6.45) is 3.40. The number of hydrogen-bond donors (Lipinski definition) is 2. The van der Waals surface area contributed by atoms with Crippen molar-refractivity contribution < 1.29 is 0 Å². The number of rotatable bonds is 1. The SMILES string of the molecule is C[C@H]1CC(C)(C)C[C@]2(C1)NC(=S)N(c1ccc(Cl)cc1)N2. The average Bonchev–Trinajstić information content (AvgIpc) is 2.63. The monoisotopic (exact) mass is 323 g/mol. The molecule has 3 nitrogen and oxygen atoms in total. The van der Waals surface area contributed by atoms with E-state index in [4.69, 9.17) is 23.8 Å². The lowest BCUT2D eigenvalue weighted by Gasteiger charge is -2.45. The Morgan fingerprint density at radius 2 is 1.90 bits per heavy atom. The Hall–Kier alpha value is -0.840. The molecule has 0 unspecified atom stereocenters. The van der Waals surface area contributed by atoms with Crippen molar-refractivity contribution in [1.82, 2.24) is 10.7 Å². The molecule has 3 rings (SSSR count). The van der Waals surface area contributed by atoms with Crippen LogP contribution in [0.4, 0.5) is 5.69 Å². The largest absolute Gasteiger partial charge is 0.342 e. The maximum absolute atomic E-state index is 5.97. The number of benzene rings is 1. The summed E-state index contributed by atoms with van der Waals surface area (Å²) in [5.74, 6) is 0.668. The average molecular weight is 324 g/mol. The zero-order valence-electron chi connectivity index (χ0n) is 12.7. The van der Waals surface area contributed by atoms with Crippen LogP contribution in [0.15, 0.2) is 24.3 Å². The molecule has 0 amide bonds. The second-order valence-electron chi connectivity index (χ2n) is 7.29. The van der Waals surface area contributed by atoms with Gasteiger partial charge in [0.1, 0.15) is 5.66 Å². The molecule has 1 heterocycles. The molecule has 1 aromatic rings. The molecule has 114 valence electrons. The van der Waals surface area contributed by atoms with Crippen molar-refractivity contribution in [2.75, 3.05) is 5.01 Å². The molecule has 0 bridgehead atoms. The van der Waals surface area contributed by atoms with Gasteiger partial charge in [-0.25, -0.2) is 5.43 Å². The number of hydrogen-bond acceptors (Lipinski definition) is 2. The molecule has 1 aliphatic heterocycles. The van der Waals surface area contributed by atoms with E-state index in [-0.39, 0.29) is 5.66 Å². The fourth-order valence-corrected chi connectivity index (χ4v) is 4.55. The lowest BCUT2D eigenvalue weighted by molar-refractivity contribution is 0.0828. The third-order valence-electron chi connectivity index (χ3n) is 4.34. The van der Waals surface area contributed by atoms with Crippen LogP contribution in [-0.4, -0.2) is 10.8 Å². The van der Waals surface area contributed by atoms with Gasteiger partial charge in [-0.1, -0.05) is 32.4 Å². The first-order chi connectivity index (χ1) is 9.79. The maximum Gasteiger partial charge on any atom is 0.189 e. The molecule has 2 aliphatic rings. The third kappa shape index (κ3) is 3.03. The number of anilines is 1. The highest BCUT2D eigenvalue weighted by Gasteiger charge is 2.48. The quantitative estimate of drug-likeness (QED) is 0.761. The van der Waals surface area contributed by atoms with Gasteiger partial charge in [-0.05, 0) is 67.1 Å². The minimum Gasteiger partial charge on any atom is -0.342 e. The minimum absolute atomic E-state index is 0.127. The lowest BCUT2D eigenvalue weighted by Crippen LogP contribution is -2.57. The molecule has 5 heteroatoms. The van der Waals surface area contributed by atoms with Crippen molar-refractivity contribution >= 4 is 34.6 Å². The summed E-state index contributed by atoms with van der Waals surface area (Å²) in [6, 6.07) is 7.75. The highest BCUT2D eigenvalue weighted by molar-refractivity contribution is 7.80. The van der Waals surface area contributed by atoms with Crippen molar-refractivity contribution in [3.63, 3.8) is 0 Å². The molecule has 1 saturated heterocycles. The number of thiocarbonyl (C=S) groups is 1. The van der Waals surface area contributed by atoms with E-state index in [9.17, 15) is 0 Å². The molecule has 2 N–H and O–H groups in total. The van der Waals surface area contributed by atoms with Crippen molar-refractivity contribution in [2.24, 2.45) is 11.3 Å². The van der Waals surface area contributed by atoms with Crippen LogP contribution in [0, 0.1) is 11.3 Å². The van der Waals surface area contributed by atoms with E-state index < -0.39 is 0 Å². The molecule has 0 radical (unpaired) electrons. The Morgan fingerprint density at radius 1 is 1.24 bits per heavy atom. The van der Waals surface area contributed by atoms with E-state index in [2.05, 4.69) is 31.5 Å². The first-order valence-electron chi connectivity index (χ1n) is 7.44. The normalized spacial score (nSPS) is 31.5. The van der Waals surface area contributed by atoms with Crippen molar-refractivity contribution in [1.29, 1.82) is 0 Å². The predicted octanol–water partition coefficient (Wildman–Crippen LogP) is 4.08. The summed E-state index contributed by atoms with van der Waals surface area (Å²) in [5.41, 5.74) is 4.82. The van der Waals surface area contributed by atoms with Gasteiger partial charge < -0.3 is 5.32 Å². The van der Waals surface area contributed by atoms with E-state index in [1.807, 2.05) is 29.3 Å². The Labute approximate surface area is 137 Å². The van der Waals surface area contributed by atoms with Crippen LogP contribution < -0.4 is 15.8 Å². The van der Waals surface area contributed by atoms with E-state index in [1.54, 1.807) is 0 Å². The van der Waals surface area contributed by atoms with Crippen LogP contribution in [0.3, 0.4) is 0 Å². The van der Waals surface area contributed by atoms with Gasteiger partial charge in [0.15, 0.2) is 5.11 Å². The molecule has 2 atom stereocenters. The van der Waals surface area contributed by atoms with Crippen LogP contribution >= 0.6 is 23.8 Å². The molecule has 1 aromatic carbocycles. The van der Waals surface area contributed by atoms with E-state index in [1.165, 1.54) is 6.42 Å². The topological polar surface area (TPSA) is 27.3 Å². The molecule has 1 spiro atoms. The van der Waals surface area contributed by atoms with Crippen molar-refractivity contribution in [2.45, 2.75) is 45.7 Å². The highest BCUT2D eigenvalue weighted by Crippen LogP contribution is 2.44. The number of nitrogens with one attached hydrogen (secondary N) is 2. The van der Waals surface area contributed by atoms with E-state index in [0.29, 0.717) is 11.3 Å². The fraction of sp³-hybridized carbons (Fsp3) is 0.562. The van der Waals surface area contributed by atoms with E-state index >= 15 is 0 Å². The summed E-state index contributed by atoms with van der Waals surface area (Å²) >= 11 is 11.5. The van der Waals surface area contributed by atoms with Gasteiger partial charge in [0.05, 0.1) is 5.69 Å². The smallest absolute Gasteiger partial charge is 0.189 e. The second-order valence-corrected chi connectivity index (χ2v) is 8.11. The van der Waals surface area contributed by atoms with Crippen LogP contribution in [0.25, 0.3) is 0 Å². The van der Waals surface area contributed by atoms with Gasteiger partial charge in [-0.15, -0.1) is 0 Å². The zero-order valence-corrected chi connectivity index (χ0v) is 14.3. The summed E-state index contributed by atoms with van der Waals surface area (Å²) in [6.45, 7) is 6.99. The Kier molecular flexibility index (Phi) is 3.67. The first kappa shape index (κ1) is 15.1. The molecular formula is C16H22ClN3S. The molecule has 21 heavy (non-hydrogen) atoms. The third-order valence-corrected chi connectivity index (χ3v) is 4.87. The van der Waals surface area contributed by atoms with Gasteiger partial charge in [-0.3, -0.25) is 5.01 Å². The van der Waals surface area contributed by atoms with Gasteiger partial charge in [-0.2, -0.15) is 0 Å². The first-order valence-corrected chi connectivity index (χ1v) is 8.23. The Balaban J connectivity index is 1.85. The zero-order chi connectivity index (χ0) is 15.3. The fourth-order valence-electron chi connectivity index (χ4n) is 4.08. The number of halogens is 1. The van der Waals surface area contributed by atoms with Crippen molar-refractivity contribution in [3.05, 3.63) is 29.3 Å². The van der Waals surface area contributed by atoms with Crippen molar-refractivity contribution in [3.8, 4) is 0 Å². The standard InChI is InChI=1S/C16H22ClN3S/c1-11-8-15(2,3)10-16(9-11)18-14(21)20(19-16)13-6-4-12(17)5-7-13/h4-7,11,19H,8-10H2,1-3H3,(H,18,21)/t11-,16+/m0/s1. The maximum atomic E-state index is 5.97. The van der Waals surface area contributed by atoms with Crippen LogP contribution in [-0.2, 0) is 0 Å². The summed E-state index contributed by atoms with van der Waals surface area (Å²) < 4.78 is 0. The number of nitrogens with zero attached hydrogens (tertiary/aromatic N) is 1. The molecular weight excluding hydrogens is 302 g/mol. The lowest BCUT2D eigenvalue weighted by atomic mass is 9.68. The summed E-state index contributed by atoms with van der Waals surface area (Å²) in [5, 5.41) is 6.98. The van der Waals surface area contributed by atoms with Crippen LogP contribution in [0.2, 0.25) is 5.02 Å². The molecule has 0 aromatic heterocycles. The summed E-state index contributed by atoms with van der Waals surface area (Å²) in [4.78, 5) is 0. The van der Waals surface area contributed by atoms with Gasteiger partial charge in [0.25, 0.3) is 0 Å². The molecule has 1 aliphatic carbocycles. The Morgan fingerprint density at radius 3 is 2.52 bits per heavy atom. The van der Waals surface area contributed by atoms with E-state index in [0.717, 1.165) is 28.7 Å². The van der Waals surface area contributed by atoms with Gasteiger partial charge >= 0.3 is 0 Å². The second kappa shape index (κ2) is 5.11. The molecule has 2 fully saturated rings. The minimum atomic E-state index is -0.127. The number of hydrazine groups is 1. The van der Waals surface area contributed by atoms with Gasteiger partial charge in [0.2, 0.25) is 0 Å². The predicted molar refractivity (Wildman–Crippen MR) is 92.3 cm³/mol. The van der Waals surface area contributed by atoms with Crippen LogP contribution in [0.5, 0.6) is 0 Å².